The summed E-state index contributed by atoms with van der Waals surface area (Å²) < 4.78 is 0. The summed E-state index contributed by atoms with van der Waals surface area (Å²) in [7, 11) is 0. The number of pyridine rings is 2. The maximum Gasteiger partial charge on any atom is 0.253 e. The minimum Gasteiger partial charge on any atom is -0.505 e. The van der Waals surface area contributed by atoms with E-state index in [9.17, 15) is 9.90 Å². The zero-order valence-electron chi connectivity index (χ0n) is 15.0. The van der Waals surface area contributed by atoms with Crippen LogP contribution < -0.4 is 5.32 Å². The van der Waals surface area contributed by atoms with Gasteiger partial charge in [-0.3, -0.25) is 14.8 Å². The minimum atomic E-state index is -0.677. The van der Waals surface area contributed by atoms with Crippen molar-refractivity contribution in [2.24, 2.45) is 0 Å². The normalized spacial score (nSPS) is 11.9. The topological polar surface area (TPSA) is 75.1 Å². The van der Waals surface area contributed by atoms with Crippen LogP contribution in [0.15, 0.2) is 73.2 Å². The van der Waals surface area contributed by atoms with Gasteiger partial charge in [0, 0.05) is 34.6 Å². The van der Waals surface area contributed by atoms with Crippen molar-refractivity contribution in [3.05, 3.63) is 99.9 Å². The summed E-state index contributed by atoms with van der Waals surface area (Å²) in [5.41, 5.74) is 1.93. The molecule has 0 fully saturated rings. The number of nitrogens with zero attached hydrogens (tertiary/aromatic N) is 2. The molecule has 29 heavy (non-hydrogen) atoms. The number of benzene rings is 2. The first kappa shape index (κ1) is 19.2. The van der Waals surface area contributed by atoms with Crippen LogP contribution >= 0.6 is 23.2 Å². The summed E-state index contributed by atoms with van der Waals surface area (Å²) in [6.07, 6.45) is 4.64. The summed E-state index contributed by atoms with van der Waals surface area (Å²) in [5, 5.41) is 15.5. The van der Waals surface area contributed by atoms with Crippen molar-refractivity contribution in [1.29, 1.82) is 0 Å². The molecule has 0 saturated carbocycles. The molecule has 2 aromatic heterocycles. The predicted molar refractivity (Wildman–Crippen MR) is 113 cm³/mol. The Morgan fingerprint density at radius 3 is 2.52 bits per heavy atom. The number of aromatic nitrogens is 2. The van der Waals surface area contributed by atoms with E-state index in [0.29, 0.717) is 32.1 Å². The summed E-state index contributed by atoms with van der Waals surface area (Å²) in [6.45, 7) is 0. The quantitative estimate of drug-likeness (QED) is 0.475. The van der Waals surface area contributed by atoms with Gasteiger partial charge in [0.2, 0.25) is 0 Å². The van der Waals surface area contributed by atoms with Crippen LogP contribution in [0.25, 0.3) is 10.9 Å². The van der Waals surface area contributed by atoms with Gasteiger partial charge in [0.15, 0.2) is 0 Å². The lowest BCUT2D eigenvalue weighted by Gasteiger charge is -2.22. The van der Waals surface area contributed by atoms with Crippen LogP contribution in [0.4, 0.5) is 0 Å². The number of phenolic OH excluding ortho intramolecular Hbond substituents is 1. The van der Waals surface area contributed by atoms with Crippen LogP contribution in [0.5, 0.6) is 5.75 Å². The van der Waals surface area contributed by atoms with Gasteiger partial charge < -0.3 is 10.4 Å². The molecule has 0 aliphatic heterocycles. The average Bonchev–Trinajstić information content (AvgIpc) is 2.76. The molecule has 0 radical (unpaired) electrons. The van der Waals surface area contributed by atoms with Crippen molar-refractivity contribution in [1.82, 2.24) is 15.3 Å². The number of halogens is 2. The Morgan fingerprint density at radius 1 is 1.03 bits per heavy atom. The first-order valence-corrected chi connectivity index (χ1v) is 9.52. The lowest BCUT2D eigenvalue weighted by Crippen LogP contribution is -2.29. The third-order valence-corrected chi connectivity index (χ3v) is 5.12. The van der Waals surface area contributed by atoms with E-state index < -0.39 is 6.04 Å². The lowest BCUT2D eigenvalue weighted by molar-refractivity contribution is 0.0942. The maximum atomic E-state index is 12.8. The first-order valence-electron chi connectivity index (χ1n) is 8.77. The molecule has 0 aliphatic carbocycles. The monoisotopic (exact) mass is 423 g/mol. The van der Waals surface area contributed by atoms with E-state index in [-0.39, 0.29) is 11.7 Å². The molecular formula is C22H15Cl2N3O2. The van der Waals surface area contributed by atoms with Gasteiger partial charge >= 0.3 is 0 Å². The largest absolute Gasteiger partial charge is 0.505 e. The molecule has 2 heterocycles. The number of carbonyl (C=O) groups is 1. The number of phenols is 1. The molecule has 7 heteroatoms. The van der Waals surface area contributed by atoms with E-state index in [2.05, 4.69) is 15.3 Å². The van der Waals surface area contributed by atoms with Crippen molar-refractivity contribution in [2.45, 2.75) is 6.04 Å². The second-order valence-corrected chi connectivity index (χ2v) is 7.24. The standard InChI is InChI=1S/C22H15Cl2N3O2/c23-15-7-5-13(6-8-15)19(27-22(29)14-3-1-9-25-12-14)17-11-18(24)16-4-2-10-26-20(16)21(17)28/h1-12,19,28H,(H,27,29)/t19-/m1/s1. The molecule has 0 spiro atoms. The second-order valence-electron chi connectivity index (χ2n) is 6.40. The van der Waals surface area contributed by atoms with Crippen molar-refractivity contribution in [3.8, 4) is 5.75 Å². The smallest absolute Gasteiger partial charge is 0.253 e. The Labute approximate surface area is 177 Å². The number of hydrogen-bond acceptors (Lipinski definition) is 4. The molecule has 0 aliphatic rings. The van der Waals surface area contributed by atoms with E-state index in [0.717, 1.165) is 5.56 Å². The highest BCUT2D eigenvalue weighted by molar-refractivity contribution is 6.35. The summed E-state index contributed by atoms with van der Waals surface area (Å²) >= 11 is 12.5. The van der Waals surface area contributed by atoms with Crippen LogP contribution in [0.1, 0.15) is 27.5 Å². The Bertz CT molecular complexity index is 1180. The molecule has 0 unspecified atom stereocenters. The van der Waals surface area contributed by atoms with Crippen molar-refractivity contribution >= 4 is 40.0 Å². The fourth-order valence-electron chi connectivity index (χ4n) is 3.13. The fourth-order valence-corrected chi connectivity index (χ4v) is 3.53. The van der Waals surface area contributed by atoms with Crippen LogP contribution in [-0.4, -0.2) is 21.0 Å². The van der Waals surface area contributed by atoms with Gasteiger partial charge in [0.25, 0.3) is 5.91 Å². The number of fused-ring (bicyclic) bond motifs is 1. The van der Waals surface area contributed by atoms with Crippen LogP contribution in [0, 0.1) is 0 Å². The highest BCUT2D eigenvalue weighted by atomic mass is 35.5. The molecule has 0 saturated heterocycles. The summed E-state index contributed by atoms with van der Waals surface area (Å²) in [5.74, 6) is -0.383. The molecule has 1 atom stereocenters. The van der Waals surface area contributed by atoms with Crippen LogP contribution in [0.2, 0.25) is 10.0 Å². The zero-order valence-corrected chi connectivity index (χ0v) is 16.5. The van der Waals surface area contributed by atoms with Gasteiger partial charge in [-0.2, -0.15) is 0 Å². The number of aromatic hydroxyl groups is 1. The highest BCUT2D eigenvalue weighted by Crippen LogP contribution is 2.38. The molecule has 1 amide bonds. The first-order chi connectivity index (χ1) is 14.0. The highest BCUT2D eigenvalue weighted by Gasteiger charge is 2.24. The molecule has 144 valence electrons. The number of hydrogen-bond donors (Lipinski definition) is 2. The number of carbonyl (C=O) groups excluding carboxylic acids is 1. The predicted octanol–water partition coefficient (Wildman–Crippen LogP) is 5.16. The third kappa shape index (κ3) is 3.88. The number of amides is 1. The zero-order chi connectivity index (χ0) is 20.4. The van der Waals surface area contributed by atoms with E-state index in [1.807, 2.05) is 0 Å². The summed E-state index contributed by atoms with van der Waals surface area (Å²) in [4.78, 5) is 21.1. The fraction of sp³-hybridized carbons (Fsp3) is 0.0455. The lowest BCUT2D eigenvalue weighted by atomic mass is 9.96. The molecule has 4 aromatic rings. The third-order valence-electron chi connectivity index (χ3n) is 4.56. The van der Waals surface area contributed by atoms with Gasteiger partial charge in [-0.25, -0.2) is 0 Å². The average molecular weight is 424 g/mol. The van der Waals surface area contributed by atoms with E-state index in [1.54, 1.807) is 67.0 Å². The molecular weight excluding hydrogens is 409 g/mol. The molecule has 4 rings (SSSR count). The Morgan fingerprint density at radius 2 is 1.79 bits per heavy atom. The van der Waals surface area contributed by atoms with Crippen molar-refractivity contribution in [3.63, 3.8) is 0 Å². The number of rotatable bonds is 4. The van der Waals surface area contributed by atoms with E-state index >= 15 is 0 Å². The second kappa shape index (κ2) is 8.07. The van der Waals surface area contributed by atoms with Gasteiger partial charge in [-0.15, -0.1) is 0 Å². The van der Waals surface area contributed by atoms with Crippen LogP contribution in [-0.2, 0) is 0 Å². The van der Waals surface area contributed by atoms with E-state index in [4.69, 9.17) is 23.2 Å². The Hall–Kier alpha value is -3.15. The Kier molecular flexibility index (Phi) is 5.34. The van der Waals surface area contributed by atoms with Gasteiger partial charge in [0.1, 0.15) is 11.3 Å². The summed E-state index contributed by atoms with van der Waals surface area (Å²) in [6, 6.07) is 14.8. The van der Waals surface area contributed by atoms with Crippen molar-refractivity contribution in [2.75, 3.05) is 0 Å². The van der Waals surface area contributed by atoms with Crippen molar-refractivity contribution < 1.29 is 9.90 Å². The SMILES string of the molecule is O=C(N[C@H](c1ccc(Cl)cc1)c1cc(Cl)c2cccnc2c1O)c1cccnc1. The number of nitrogens with one attached hydrogen (secondary N) is 1. The van der Waals surface area contributed by atoms with Gasteiger partial charge in [-0.05, 0) is 48.0 Å². The molecule has 2 N–H and O–H groups in total. The minimum absolute atomic E-state index is 0.0450. The Balaban J connectivity index is 1.84. The molecule has 5 nitrogen and oxygen atoms in total. The van der Waals surface area contributed by atoms with Gasteiger partial charge in [0.05, 0.1) is 16.6 Å². The van der Waals surface area contributed by atoms with E-state index in [1.165, 1.54) is 6.20 Å². The molecule has 0 bridgehead atoms. The maximum absolute atomic E-state index is 12.8. The van der Waals surface area contributed by atoms with Gasteiger partial charge in [-0.1, -0.05) is 35.3 Å². The van der Waals surface area contributed by atoms with Crippen LogP contribution in [0.3, 0.4) is 0 Å². The molecule has 2 aromatic carbocycles.